The molecular weight excluding hydrogens is 506 g/mol. The van der Waals surface area contributed by atoms with Crippen LogP contribution in [-0.2, 0) is 4.79 Å². The Kier molecular flexibility index (Phi) is 10.6. The third kappa shape index (κ3) is 9.39. The van der Waals surface area contributed by atoms with Crippen molar-refractivity contribution < 1.29 is 19.1 Å². The topological polar surface area (TPSA) is 88.7 Å². The van der Waals surface area contributed by atoms with Crippen LogP contribution in [0.15, 0.2) is 46.9 Å². The first kappa shape index (κ1) is 26.6. The van der Waals surface area contributed by atoms with E-state index < -0.39 is 11.8 Å². The molecule has 0 aromatic heterocycles. The van der Waals surface area contributed by atoms with Crippen LogP contribution in [0.3, 0.4) is 0 Å². The van der Waals surface area contributed by atoms with Crippen LogP contribution in [0.2, 0.25) is 0 Å². The van der Waals surface area contributed by atoms with E-state index >= 15 is 0 Å². The summed E-state index contributed by atoms with van der Waals surface area (Å²) < 4.78 is 12.0. The summed E-state index contributed by atoms with van der Waals surface area (Å²) in [4.78, 5) is 24.7. The zero-order chi connectivity index (χ0) is 24.4. The molecular formula is C24H30BrN3O4S. The van der Waals surface area contributed by atoms with E-state index in [1.165, 1.54) is 5.56 Å². The number of nitrogens with one attached hydrogen (secondary N) is 3. The molecule has 0 aliphatic carbocycles. The average Bonchev–Trinajstić information content (AvgIpc) is 2.77. The van der Waals surface area contributed by atoms with E-state index in [1.807, 2.05) is 24.3 Å². The van der Waals surface area contributed by atoms with Gasteiger partial charge in [-0.1, -0.05) is 55.8 Å². The fourth-order valence-corrected chi connectivity index (χ4v) is 3.18. The van der Waals surface area contributed by atoms with Gasteiger partial charge in [-0.2, -0.15) is 0 Å². The molecule has 3 N–H and O–H groups in total. The van der Waals surface area contributed by atoms with Crippen molar-refractivity contribution in [3.05, 3.63) is 58.1 Å². The minimum atomic E-state index is -0.455. The zero-order valence-corrected chi connectivity index (χ0v) is 21.6. The lowest BCUT2D eigenvalue weighted by molar-refractivity contribution is -0.123. The molecule has 9 heteroatoms. The maximum Gasteiger partial charge on any atom is 0.276 e. The summed E-state index contributed by atoms with van der Waals surface area (Å²) in [5, 5.41) is 2.48. The first-order chi connectivity index (χ1) is 15.7. The molecule has 0 spiro atoms. The summed E-state index contributed by atoms with van der Waals surface area (Å²) in [7, 11) is 0. The summed E-state index contributed by atoms with van der Waals surface area (Å²) in [6, 6.07) is 12.7. The molecule has 0 aliphatic heterocycles. The maximum absolute atomic E-state index is 12.7. The average molecular weight is 536 g/mol. The van der Waals surface area contributed by atoms with Gasteiger partial charge in [-0.15, -0.1) is 0 Å². The molecule has 2 aromatic carbocycles. The molecule has 2 rings (SSSR count). The standard InChI is InChI=1S/C24H30BrN3O4S/c1-15(2)11-12-31-21-10-7-18(25)13-20(21)23(30)26-24(33)28-27-22(29)14-32-19-8-5-17(6-9-19)16(3)4/h5-10,13,15-16H,11-12,14H2,1-4H3,(H,27,29)(H2,26,28,30,33). The second-order valence-electron chi connectivity index (χ2n) is 8.14. The van der Waals surface area contributed by atoms with Gasteiger partial charge in [0.2, 0.25) is 0 Å². The van der Waals surface area contributed by atoms with Crippen molar-refractivity contribution >= 4 is 45.1 Å². The largest absolute Gasteiger partial charge is 0.493 e. The molecule has 0 unspecified atom stereocenters. The number of ether oxygens (including phenoxy) is 2. The van der Waals surface area contributed by atoms with E-state index in [2.05, 4.69) is 59.8 Å². The quantitative estimate of drug-likeness (QED) is 0.318. The van der Waals surface area contributed by atoms with Crippen molar-refractivity contribution in [3.8, 4) is 11.5 Å². The first-order valence-corrected chi connectivity index (χ1v) is 11.9. The van der Waals surface area contributed by atoms with Gasteiger partial charge in [0, 0.05) is 4.47 Å². The summed E-state index contributed by atoms with van der Waals surface area (Å²) in [6.07, 6.45) is 0.868. The molecule has 0 fully saturated rings. The second kappa shape index (κ2) is 13.2. The highest BCUT2D eigenvalue weighted by atomic mass is 79.9. The van der Waals surface area contributed by atoms with Gasteiger partial charge in [0.25, 0.3) is 11.8 Å². The highest BCUT2D eigenvalue weighted by Crippen LogP contribution is 2.24. The first-order valence-electron chi connectivity index (χ1n) is 10.7. The monoisotopic (exact) mass is 535 g/mol. The molecule has 33 heavy (non-hydrogen) atoms. The zero-order valence-electron chi connectivity index (χ0n) is 19.2. The Morgan fingerprint density at radius 1 is 1.00 bits per heavy atom. The van der Waals surface area contributed by atoms with Crippen molar-refractivity contribution in [1.82, 2.24) is 16.2 Å². The molecule has 2 aromatic rings. The Bertz CT molecular complexity index is 965. The predicted molar refractivity (Wildman–Crippen MR) is 136 cm³/mol. The van der Waals surface area contributed by atoms with Crippen molar-refractivity contribution in [1.29, 1.82) is 0 Å². The van der Waals surface area contributed by atoms with Crippen LogP contribution in [-0.4, -0.2) is 30.1 Å². The van der Waals surface area contributed by atoms with Crippen LogP contribution in [0.25, 0.3) is 0 Å². The SMILES string of the molecule is CC(C)CCOc1ccc(Br)cc1C(=O)NC(=S)NNC(=O)COc1ccc(C(C)C)cc1. The Labute approximate surface area is 208 Å². The Balaban J connectivity index is 1.82. The lowest BCUT2D eigenvalue weighted by atomic mass is 10.0. The molecule has 0 bridgehead atoms. The van der Waals surface area contributed by atoms with Gasteiger partial charge in [0.05, 0.1) is 12.2 Å². The van der Waals surface area contributed by atoms with Gasteiger partial charge >= 0.3 is 0 Å². The van der Waals surface area contributed by atoms with Gasteiger partial charge in [-0.3, -0.25) is 25.8 Å². The summed E-state index contributed by atoms with van der Waals surface area (Å²) >= 11 is 8.48. The number of rotatable bonds is 9. The van der Waals surface area contributed by atoms with E-state index in [-0.39, 0.29) is 11.7 Å². The van der Waals surface area contributed by atoms with E-state index in [0.717, 1.165) is 10.9 Å². The minimum absolute atomic E-state index is 0.0530. The van der Waals surface area contributed by atoms with E-state index in [9.17, 15) is 9.59 Å². The number of halogens is 1. The van der Waals surface area contributed by atoms with Gasteiger partial charge in [-0.05, 0) is 66.4 Å². The highest BCUT2D eigenvalue weighted by molar-refractivity contribution is 9.10. The molecule has 0 saturated carbocycles. The number of hydrogen-bond donors (Lipinski definition) is 3. The van der Waals surface area contributed by atoms with E-state index in [0.29, 0.717) is 35.5 Å². The number of benzene rings is 2. The molecule has 0 heterocycles. The number of hydrazine groups is 1. The molecule has 0 radical (unpaired) electrons. The lowest BCUT2D eigenvalue weighted by Crippen LogP contribution is -2.49. The van der Waals surface area contributed by atoms with Crippen LogP contribution in [0.5, 0.6) is 11.5 Å². The fraction of sp³-hybridized carbons (Fsp3) is 0.375. The number of hydrogen-bond acceptors (Lipinski definition) is 5. The predicted octanol–water partition coefficient (Wildman–Crippen LogP) is 4.71. The van der Waals surface area contributed by atoms with Crippen molar-refractivity contribution in [2.75, 3.05) is 13.2 Å². The van der Waals surface area contributed by atoms with Crippen molar-refractivity contribution in [2.24, 2.45) is 5.92 Å². The lowest BCUT2D eigenvalue weighted by Gasteiger charge is -2.14. The third-order valence-corrected chi connectivity index (χ3v) is 5.30. The number of thiocarbonyl (C=S) groups is 1. The van der Waals surface area contributed by atoms with Gasteiger partial charge < -0.3 is 9.47 Å². The minimum Gasteiger partial charge on any atom is -0.493 e. The van der Waals surface area contributed by atoms with Crippen LogP contribution in [0.1, 0.15) is 56.0 Å². The maximum atomic E-state index is 12.7. The smallest absolute Gasteiger partial charge is 0.276 e. The molecule has 0 saturated heterocycles. The fourth-order valence-electron chi connectivity index (χ4n) is 2.67. The van der Waals surface area contributed by atoms with Crippen LogP contribution in [0.4, 0.5) is 0 Å². The van der Waals surface area contributed by atoms with Gasteiger partial charge in [-0.25, -0.2) is 0 Å². The van der Waals surface area contributed by atoms with E-state index in [4.69, 9.17) is 21.7 Å². The molecule has 0 aliphatic rings. The van der Waals surface area contributed by atoms with E-state index in [1.54, 1.807) is 18.2 Å². The second-order valence-corrected chi connectivity index (χ2v) is 9.46. The third-order valence-electron chi connectivity index (χ3n) is 4.60. The Morgan fingerprint density at radius 2 is 1.70 bits per heavy atom. The van der Waals surface area contributed by atoms with Gasteiger partial charge in [0.1, 0.15) is 11.5 Å². The molecule has 0 atom stereocenters. The van der Waals surface area contributed by atoms with Crippen LogP contribution < -0.4 is 25.6 Å². The number of carbonyl (C=O) groups is 2. The van der Waals surface area contributed by atoms with Crippen LogP contribution >= 0.6 is 28.1 Å². The van der Waals surface area contributed by atoms with Gasteiger partial charge in [0.15, 0.2) is 11.7 Å². The number of carbonyl (C=O) groups excluding carboxylic acids is 2. The van der Waals surface area contributed by atoms with Crippen molar-refractivity contribution in [3.63, 3.8) is 0 Å². The molecule has 2 amide bonds. The molecule has 178 valence electrons. The highest BCUT2D eigenvalue weighted by Gasteiger charge is 2.15. The summed E-state index contributed by atoms with van der Waals surface area (Å²) in [6.45, 7) is 8.71. The number of amides is 2. The Morgan fingerprint density at radius 3 is 2.33 bits per heavy atom. The normalized spacial score (nSPS) is 10.6. The van der Waals surface area contributed by atoms with Crippen molar-refractivity contribution in [2.45, 2.75) is 40.0 Å². The molecule has 7 nitrogen and oxygen atoms in total. The summed E-state index contributed by atoms with van der Waals surface area (Å²) in [5.74, 6) is 1.05. The summed E-state index contributed by atoms with van der Waals surface area (Å²) in [5.41, 5.74) is 6.42. The Hall–Kier alpha value is -2.65. The van der Waals surface area contributed by atoms with Crippen LogP contribution in [0, 0.1) is 5.92 Å².